The predicted molar refractivity (Wildman–Crippen MR) is 86.5 cm³/mol. The molecule has 1 aliphatic carbocycles. The second kappa shape index (κ2) is 7.81. The van der Waals surface area contributed by atoms with E-state index in [1.807, 2.05) is 39.5 Å². The summed E-state index contributed by atoms with van der Waals surface area (Å²) in [5.41, 5.74) is 4.69. The molecule has 0 aliphatic heterocycles. The van der Waals surface area contributed by atoms with Crippen molar-refractivity contribution in [1.82, 2.24) is 10.2 Å². The van der Waals surface area contributed by atoms with Crippen LogP contribution in [0.3, 0.4) is 0 Å². The van der Waals surface area contributed by atoms with Crippen molar-refractivity contribution in [3.63, 3.8) is 0 Å². The van der Waals surface area contributed by atoms with Crippen molar-refractivity contribution in [2.45, 2.75) is 84.0 Å². The zero-order valence-electron chi connectivity index (χ0n) is 14.5. The molecule has 2 amide bonds. The van der Waals surface area contributed by atoms with E-state index in [4.69, 9.17) is 10.5 Å². The summed E-state index contributed by atoms with van der Waals surface area (Å²) in [5.74, 6) is -0.352. The van der Waals surface area contributed by atoms with Crippen molar-refractivity contribution in [3.05, 3.63) is 0 Å². The summed E-state index contributed by atoms with van der Waals surface area (Å²) in [5, 5.41) is 3.18. The zero-order valence-corrected chi connectivity index (χ0v) is 14.5. The molecule has 0 aromatic rings. The van der Waals surface area contributed by atoms with Crippen molar-refractivity contribution in [3.8, 4) is 0 Å². The molecular weight excluding hydrogens is 282 g/mol. The van der Waals surface area contributed by atoms with Gasteiger partial charge in [-0.25, -0.2) is 4.79 Å². The molecule has 0 aromatic heterocycles. The van der Waals surface area contributed by atoms with Crippen LogP contribution in [0.5, 0.6) is 0 Å². The maximum atomic E-state index is 12.5. The predicted octanol–water partition coefficient (Wildman–Crippen LogP) is 2.02. The van der Waals surface area contributed by atoms with Gasteiger partial charge in [0.15, 0.2) is 0 Å². The van der Waals surface area contributed by atoms with Gasteiger partial charge in [-0.05, 0) is 60.3 Å². The topological polar surface area (TPSA) is 84.7 Å². The van der Waals surface area contributed by atoms with Gasteiger partial charge in [0, 0.05) is 18.1 Å². The Morgan fingerprint density at radius 3 is 2.45 bits per heavy atom. The lowest BCUT2D eigenvalue weighted by atomic mass is 9.89. The minimum atomic E-state index is -0.498. The molecule has 6 nitrogen and oxygen atoms in total. The van der Waals surface area contributed by atoms with Crippen LogP contribution in [0.1, 0.15) is 60.3 Å². The smallest absolute Gasteiger partial charge is 0.410 e. The Kier molecular flexibility index (Phi) is 6.66. The van der Waals surface area contributed by atoms with Crippen LogP contribution in [-0.2, 0) is 9.53 Å². The monoisotopic (exact) mass is 313 g/mol. The molecule has 0 spiro atoms. The van der Waals surface area contributed by atoms with E-state index in [0.717, 1.165) is 25.7 Å². The Balaban J connectivity index is 2.70. The van der Waals surface area contributed by atoms with Crippen molar-refractivity contribution < 1.29 is 14.3 Å². The number of hydrogen-bond donors (Lipinski definition) is 2. The van der Waals surface area contributed by atoms with Crippen LogP contribution in [0.15, 0.2) is 0 Å². The van der Waals surface area contributed by atoms with Gasteiger partial charge >= 0.3 is 6.09 Å². The Hall–Kier alpha value is -1.30. The highest BCUT2D eigenvalue weighted by Crippen LogP contribution is 2.26. The number of primary amides is 1. The quantitative estimate of drug-likeness (QED) is 0.813. The first-order chi connectivity index (χ1) is 10.1. The van der Waals surface area contributed by atoms with Crippen LogP contribution in [-0.4, -0.2) is 47.2 Å². The van der Waals surface area contributed by atoms with Crippen LogP contribution in [0.25, 0.3) is 0 Å². The fourth-order valence-corrected chi connectivity index (χ4v) is 2.94. The summed E-state index contributed by atoms with van der Waals surface area (Å²) >= 11 is 0. The van der Waals surface area contributed by atoms with E-state index in [-0.39, 0.29) is 36.7 Å². The molecule has 0 aromatic carbocycles. The Labute approximate surface area is 133 Å². The van der Waals surface area contributed by atoms with Crippen molar-refractivity contribution in [2.75, 3.05) is 6.54 Å². The maximum Gasteiger partial charge on any atom is 0.410 e. The van der Waals surface area contributed by atoms with Crippen molar-refractivity contribution >= 4 is 12.0 Å². The average Bonchev–Trinajstić information content (AvgIpc) is 2.34. The Morgan fingerprint density at radius 2 is 1.95 bits per heavy atom. The summed E-state index contributed by atoms with van der Waals surface area (Å²) in [6.45, 7) is 9.82. The third kappa shape index (κ3) is 6.22. The summed E-state index contributed by atoms with van der Waals surface area (Å²) < 4.78 is 5.54. The highest BCUT2D eigenvalue weighted by Gasteiger charge is 2.33. The standard InChI is InChI=1S/C16H31N3O3/c1-11(2)19(15(21)22-16(3,4)5)13-8-6-7-12(9-13)18-10-14(17)20/h11-13,18H,6-10H2,1-5H3,(H2,17,20). The SMILES string of the molecule is CC(C)N(C(=O)OC(C)(C)C)C1CCCC(NCC(N)=O)C1. The molecule has 3 N–H and O–H groups in total. The van der Waals surface area contributed by atoms with Gasteiger partial charge in [-0.1, -0.05) is 0 Å². The lowest BCUT2D eigenvalue weighted by Gasteiger charge is -2.40. The van der Waals surface area contributed by atoms with E-state index in [9.17, 15) is 9.59 Å². The number of carbonyl (C=O) groups excluding carboxylic acids is 2. The van der Waals surface area contributed by atoms with Gasteiger partial charge in [0.1, 0.15) is 5.60 Å². The van der Waals surface area contributed by atoms with Gasteiger partial charge in [-0.2, -0.15) is 0 Å². The Bertz CT molecular complexity index is 391. The number of nitrogens with zero attached hydrogens (tertiary/aromatic N) is 1. The van der Waals surface area contributed by atoms with Crippen molar-refractivity contribution in [2.24, 2.45) is 5.73 Å². The number of carbonyl (C=O) groups is 2. The fraction of sp³-hybridized carbons (Fsp3) is 0.875. The molecule has 1 rings (SSSR count). The molecule has 128 valence electrons. The molecule has 1 fully saturated rings. The van der Waals surface area contributed by atoms with E-state index in [1.54, 1.807) is 0 Å². The van der Waals surface area contributed by atoms with E-state index in [1.165, 1.54) is 0 Å². The number of ether oxygens (including phenoxy) is 1. The number of nitrogens with two attached hydrogens (primary N) is 1. The van der Waals surface area contributed by atoms with E-state index < -0.39 is 5.60 Å². The van der Waals surface area contributed by atoms with E-state index in [0.29, 0.717) is 0 Å². The molecule has 0 heterocycles. The van der Waals surface area contributed by atoms with Crippen LogP contribution < -0.4 is 11.1 Å². The molecule has 0 radical (unpaired) electrons. The molecule has 6 heteroatoms. The van der Waals surface area contributed by atoms with E-state index >= 15 is 0 Å². The summed E-state index contributed by atoms with van der Waals surface area (Å²) in [6, 6.07) is 0.429. The highest BCUT2D eigenvalue weighted by atomic mass is 16.6. The fourth-order valence-electron chi connectivity index (χ4n) is 2.94. The molecule has 1 aliphatic rings. The zero-order chi connectivity index (χ0) is 16.9. The number of nitrogens with one attached hydrogen (secondary N) is 1. The first-order valence-corrected chi connectivity index (χ1v) is 8.13. The molecule has 22 heavy (non-hydrogen) atoms. The molecule has 2 atom stereocenters. The van der Waals surface area contributed by atoms with Crippen LogP contribution in [0, 0.1) is 0 Å². The van der Waals surface area contributed by atoms with Gasteiger partial charge in [0.2, 0.25) is 5.91 Å². The lowest BCUT2D eigenvalue weighted by Crippen LogP contribution is -2.51. The summed E-state index contributed by atoms with van der Waals surface area (Å²) in [7, 11) is 0. The minimum Gasteiger partial charge on any atom is -0.444 e. The number of rotatable bonds is 5. The lowest BCUT2D eigenvalue weighted by molar-refractivity contribution is -0.117. The largest absolute Gasteiger partial charge is 0.444 e. The van der Waals surface area contributed by atoms with Crippen LogP contribution in [0.4, 0.5) is 4.79 Å². The highest BCUT2D eigenvalue weighted by molar-refractivity contribution is 5.75. The van der Waals surface area contributed by atoms with Gasteiger partial charge in [-0.3, -0.25) is 4.79 Å². The second-order valence-corrected chi connectivity index (χ2v) is 7.35. The van der Waals surface area contributed by atoms with Crippen molar-refractivity contribution in [1.29, 1.82) is 0 Å². The average molecular weight is 313 g/mol. The second-order valence-electron chi connectivity index (χ2n) is 7.35. The van der Waals surface area contributed by atoms with E-state index in [2.05, 4.69) is 5.32 Å². The molecule has 0 bridgehead atoms. The number of amides is 2. The van der Waals surface area contributed by atoms with Crippen LogP contribution >= 0.6 is 0 Å². The van der Waals surface area contributed by atoms with Gasteiger partial charge in [0.25, 0.3) is 0 Å². The molecular formula is C16H31N3O3. The van der Waals surface area contributed by atoms with Crippen LogP contribution in [0.2, 0.25) is 0 Å². The third-order valence-electron chi connectivity index (χ3n) is 3.77. The van der Waals surface area contributed by atoms with Gasteiger partial charge in [-0.15, -0.1) is 0 Å². The third-order valence-corrected chi connectivity index (χ3v) is 3.77. The minimum absolute atomic E-state index is 0.0785. The van der Waals surface area contributed by atoms with Gasteiger partial charge in [0.05, 0.1) is 6.54 Å². The first kappa shape index (κ1) is 18.7. The summed E-state index contributed by atoms with van der Waals surface area (Å²) in [6.07, 6.45) is 3.55. The number of hydrogen-bond acceptors (Lipinski definition) is 4. The van der Waals surface area contributed by atoms with Gasteiger partial charge < -0.3 is 20.7 Å². The molecule has 0 saturated heterocycles. The molecule has 1 saturated carbocycles. The normalized spacial score (nSPS) is 22.5. The molecule has 2 unspecified atom stereocenters. The summed E-state index contributed by atoms with van der Waals surface area (Å²) in [4.78, 5) is 25.2. The maximum absolute atomic E-state index is 12.5. The Morgan fingerprint density at radius 1 is 1.32 bits per heavy atom. The first-order valence-electron chi connectivity index (χ1n) is 8.13.